The van der Waals surface area contributed by atoms with Gasteiger partial charge in [-0.2, -0.15) is 5.10 Å². The Morgan fingerprint density at radius 1 is 1.11 bits per heavy atom. The van der Waals surface area contributed by atoms with E-state index in [4.69, 9.17) is 19.3 Å². The molecule has 0 radical (unpaired) electrons. The van der Waals surface area contributed by atoms with Gasteiger partial charge in [0.15, 0.2) is 0 Å². The molecule has 1 aromatic carbocycles. The van der Waals surface area contributed by atoms with E-state index in [0.717, 1.165) is 75.7 Å². The van der Waals surface area contributed by atoms with Gasteiger partial charge < -0.3 is 19.1 Å². The third-order valence-electron chi connectivity index (χ3n) is 8.45. The quantitative estimate of drug-likeness (QED) is 0.441. The Hall–Kier alpha value is -2.64. The van der Waals surface area contributed by atoms with E-state index in [1.165, 1.54) is 12.7 Å². The number of ether oxygens (including phenoxy) is 3. The van der Waals surface area contributed by atoms with Gasteiger partial charge >= 0.3 is 6.09 Å². The van der Waals surface area contributed by atoms with Crippen LogP contribution < -0.4 is 0 Å². The molecule has 1 aromatic heterocycles. The molecule has 3 aliphatic rings. The number of methoxy groups -OCH3 is 1. The molecule has 0 N–H and O–H groups in total. The van der Waals surface area contributed by atoms with Gasteiger partial charge in [0.2, 0.25) is 0 Å². The summed E-state index contributed by atoms with van der Waals surface area (Å²) in [5, 5.41) is 5.02. The standard InChI is InChI=1S/C30H41N3O4/c1-3-22-20-33(28-13-7-8-19-36-28)31-29(22)26-12-9-18-32(30(34)35-2)27(26)21-37-25-16-14-24(15-17-25)23-10-5-4-6-11-23/h3-6,10-11,20,24-28H,1,7-9,12-19,21H2,2H3/t24?,25?,26-,27-,28?/m0/s1. The van der Waals surface area contributed by atoms with Crippen molar-refractivity contribution >= 4 is 12.2 Å². The van der Waals surface area contributed by atoms with Crippen LogP contribution in [-0.4, -0.2) is 59.8 Å². The van der Waals surface area contributed by atoms with Crippen LogP contribution in [0.25, 0.3) is 6.08 Å². The Labute approximate surface area is 220 Å². The molecule has 7 heteroatoms. The molecule has 2 aliphatic heterocycles. The highest BCUT2D eigenvalue weighted by atomic mass is 16.5. The Morgan fingerprint density at radius 2 is 1.92 bits per heavy atom. The van der Waals surface area contributed by atoms with Crippen molar-refractivity contribution < 1.29 is 19.0 Å². The fraction of sp³-hybridized carbons (Fsp3) is 0.600. The average molecular weight is 508 g/mol. The number of benzene rings is 1. The lowest BCUT2D eigenvalue weighted by atomic mass is 9.82. The lowest BCUT2D eigenvalue weighted by Gasteiger charge is -2.41. The minimum absolute atomic E-state index is 0.0315. The number of hydrogen-bond acceptors (Lipinski definition) is 5. The van der Waals surface area contributed by atoms with E-state index in [1.54, 1.807) is 0 Å². The van der Waals surface area contributed by atoms with Crippen LogP contribution in [0.5, 0.6) is 0 Å². The third kappa shape index (κ3) is 5.93. The molecular formula is C30H41N3O4. The molecule has 3 fully saturated rings. The summed E-state index contributed by atoms with van der Waals surface area (Å²) in [5.41, 5.74) is 3.43. The van der Waals surface area contributed by atoms with E-state index in [2.05, 4.69) is 43.1 Å². The largest absolute Gasteiger partial charge is 0.453 e. The van der Waals surface area contributed by atoms with Crippen molar-refractivity contribution in [3.05, 3.63) is 59.9 Å². The Balaban J connectivity index is 1.30. The summed E-state index contributed by atoms with van der Waals surface area (Å²) < 4.78 is 19.7. The van der Waals surface area contributed by atoms with Gasteiger partial charge in [-0.25, -0.2) is 9.48 Å². The molecule has 0 bridgehead atoms. The number of aromatic nitrogens is 2. The monoisotopic (exact) mass is 507 g/mol. The molecule has 2 aromatic rings. The molecule has 1 saturated carbocycles. The van der Waals surface area contributed by atoms with Crippen LogP contribution in [0, 0.1) is 0 Å². The van der Waals surface area contributed by atoms with Gasteiger partial charge in [-0.05, 0) is 69.3 Å². The molecule has 3 atom stereocenters. The Bertz CT molecular complexity index is 1020. The van der Waals surface area contributed by atoms with Gasteiger partial charge in [-0.1, -0.05) is 43.0 Å². The van der Waals surface area contributed by atoms with Gasteiger partial charge in [0.25, 0.3) is 0 Å². The smallest absolute Gasteiger partial charge is 0.409 e. The van der Waals surface area contributed by atoms with Crippen molar-refractivity contribution in [3.63, 3.8) is 0 Å². The van der Waals surface area contributed by atoms with Gasteiger partial charge in [0.1, 0.15) is 6.23 Å². The number of nitrogens with zero attached hydrogens (tertiary/aromatic N) is 3. The number of hydrogen-bond donors (Lipinski definition) is 0. The molecule has 1 unspecified atom stereocenters. The van der Waals surface area contributed by atoms with Gasteiger partial charge in [-0.15, -0.1) is 0 Å². The molecular weight excluding hydrogens is 466 g/mol. The highest BCUT2D eigenvalue weighted by Crippen LogP contribution is 2.38. The summed E-state index contributed by atoms with van der Waals surface area (Å²) in [7, 11) is 1.46. The lowest BCUT2D eigenvalue weighted by Crippen LogP contribution is -2.50. The third-order valence-corrected chi connectivity index (χ3v) is 8.45. The first-order valence-electron chi connectivity index (χ1n) is 14.0. The topological polar surface area (TPSA) is 65.8 Å². The number of carbonyl (C=O) groups is 1. The number of piperidine rings is 1. The fourth-order valence-electron chi connectivity index (χ4n) is 6.39. The van der Waals surface area contributed by atoms with E-state index in [-0.39, 0.29) is 30.4 Å². The normalized spacial score (nSPS) is 28.6. The predicted molar refractivity (Wildman–Crippen MR) is 143 cm³/mol. The Kier molecular flexibility index (Phi) is 8.62. The van der Waals surface area contributed by atoms with E-state index in [9.17, 15) is 4.79 Å². The second-order valence-electron chi connectivity index (χ2n) is 10.7. The van der Waals surface area contributed by atoms with Crippen LogP contribution in [0.4, 0.5) is 4.79 Å². The number of amides is 1. The van der Waals surface area contributed by atoms with Gasteiger partial charge in [0, 0.05) is 30.8 Å². The second kappa shape index (κ2) is 12.3. The fourth-order valence-corrected chi connectivity index (χ4v) is 6.39. The van der Waals surface area contributed by atoms with Crippen molar-refractivity contribution in [3.8, 4) is 0 Å². The molecule has 7 nitrogen and oxygen atoms in total. The molecule has 0 spiro atoms. The first kappa shape index (κ1) is 26.0. The lowest BCUT2D eigenvalue weighted by molar-refractivity contribution is -0.0405. The highest BCUT2D eigenvalue weighted by Gasteiger charge is 2.39. The molecule has 2 saturated heterocycles. The molecule has 200 valence electrons. The predicted octanol–water partition coefficient (Wildman–Crippen LogP) is 6.28. The zero-order chi connectivity index (χ0) is 25.6. The average Bonchev–Trinajstić information content (AvgIpc) is 3.41. The van der Waals surface area contributed by atoms with Crippen molar-refractivity contribution in [1.82, 2.24) is 14.7 Å². The van der Waals surface area contributed by atoms with Crippen LogP contribution in [0.1, 0.15) is 92.7 Å². The van der Waals surface area contributed by atoms with Gasteiger partial charge in [-0.3, -0.25) is 0 Å². The highest BCUT2D eigenvalue weighted by molar-refractivity contribution is 5.68. The molecule has 37 heavy (non-hydrogen) atoms. The van der Waals surface area contributed by atoms with Crippen LogP contribution in [0.2, 0.25) is 0 Å². The first-order chi connectivity index (χ1) is 18.2. The minimum atomic E-state index is -0.290. The minimum Gasteiger partial charge on any atom is -0.453 e. The summed E-state index contributed by atoms with van der Waals surface area (Å²) in [6.45, 7) is 6.00. The first-order valence-corrected chi connectivity index (χ1v) is 14.0. The van der Waals surface area contributed by atoms with Crippen LogP contribution in [0.15, 0.2) is 43.1 Å². The van der Waals surface area contributed by atoms with Crippen molar-refractivity contribution in [1.29, 1.82) is 0 Å². The summed E-state index contributed by atoms with van der Waals surface area (Å²) in [5.74, 6) is 0.669. The van der Waals surface area contributed by atoms with Crippen molar-refractivity contribution in [2.45, 2.75) is 88.0 Å². The zero-order valence-electron chi connectivity index (χ0n) is 22.1. The second-order valence-corrected chi connectivity index (χ2v) is 10.7. The maximum Gasteiger partial charge on any atom is 0.409 e. The Morgan fingerprint density at radius 3 is 2.62 bits per heavy atom. The molecule has 5 rings (SSSR count). The van der Waals surface area contributed by atoms with E-state index in [0.29, 0.717) is 19.1 Å². The van der Waals surface area contributed by atoms with Crippen LogP contribution in [0.3, 0.4) is 0 Å². The van der Waals surface area contributed by atoms with E-state index < -0.39 is 0 Å². The van der Waals surface area contributed by atoms with E-state index in [1.807, 2.05) is 15.7 Å². The zero-order valence-corrected chi connectivity index (χ0v) is 22.1. The maximum atomic E-state index is 12.8. The number of carbonyl (C=O) groups excluding carboxylic acids is 1. The van der Waals surface area contributed by atoms with Crippen molar-refractivity contribution in [2.24, 2.45) is 0 Å². The summed E-state index contributed by atoms with van der Waals surface area (Å²) >= 11 is 0. The molecule has 1 aliphatic carbocycles. The summed E-state index contributed by atoms with van der Waals surface area (Å²) in [6.07, 6.45) is 13.2. The van der Waals surface area contributed by atoms with Crippen LogP contribution in [-0.2, 0) is 14.2 Å². The van der Waals surface area contributed by atoms with Crippen molar-refractivity contribution in [2.75, 3.05) is 26.9 Å². The van der Waals surface area contributed by atoms with Crippen LogP contribution >= 0.6 is 0 Å². The number of likely N-dealkylation sites (tertiary alicyclic amines) is 1. The maximum absolute atomic E-state index is 12.8. The molecule has 1 amide bonds. The SMILES string of the molecule is C=Cc1cn(C2CCCCO2)nc1[C@H]1CCCN(C(=O)OC)[C@H]1COC1CCC(c2ccccc2)CC1. The molecule has 3 heterocycles. The summed E-state index contributed by atoms with van der Waals surface area (Å²) in [4.78, 5) is 14.6. The summed E-state index contributed by atoms with van der Waals surface area (Å²) in [6, 6.07) is 10.7. The number of rotatable bonds is 7. The van der Waals surface area contributed by atoms with Gasteiger partial charge in [0.05, 0.1) is 31.6 Å². The van der Waals surface area contributed by atoms with E-state index >= 15 is 0 Å².